The van der Waals surface area contributed by atoms with Gasteiger partial charge in [-0.25, -0.2) is 14.5 Å². The molecule has 2 heterocycles. The van der Waals surface area contributed by atoms with Crippen LogP contribution in [0.25, 0.3) is 10.6 Å². The first-order valence-corrected chi connectivity index (χ1v) is 10.1. The van der Waals surface area contributed by atoms with Crippen molar-refractivity contribution in [1.29, 1.82) is 0 Å². The molecule has 3 rings (SSSR count). The molecule has 0 aliphatic rings. The normalized spacial score (nSPS) is 10.6. The Morgan fingerprint density at radius 1 is 1.21 bits per heavy atom. The summed E-state index contributed by atoms with van der Waals surface area (Å²) in [5.41, 5.74) is 1.94. The number of amides is 2. The highest BCUT2D eigenvalue weighted by Crippen LogP contribution is 2.27. The molecule has 0 radical (unpaired) electrons. The first kappa shape index (κ1) is 20.5. The summed E-state index contributed by atoms with van der Waals surface area (Å²) in [4.78, 5) is 29.6. The standard InChI is InChI=1S/C20H23N5O3S/c1-4-28-17-8-6-5-7-15(17)23-20(27)21-11-12-25-18(26)10-9-16(24-25)19-13(2)22-14(3)29-19/h5-10H,4,11-12H2,1-3H3,(H2,21,23,27). The molecule has 0 saturated carbocycles. The second-order valence-corrected chi connectivity index (χ2v) is 7.44. The zero-order valence-corrected chi connectivity index (χ0v) is 17.4. The van der Waals surface area contributed by atoms with Crippen LogP contribution in [0, 0.1) is 13.8 Å². The van der Waals surface area contributed by atoms with Crippen LogP contribution in [0.3, 0.4) is 0 Å². The predicted octanol–water partition coefficient (Wildman–Crippen LogP) is 3.20. The fourth-order valence-corrected chi connectivity index (χ4v) is 3.68. The molecular weight excluding hydrogens is 390 g/mol. The lowest BCUT2D eigenvalue weighted by Crippen LogP contribution is -2.34. The molecule has 0 atom stereocenters. The fraction of sp³-hybridized carbons (Fsp3) is 0.300. The largest absolute Gasteiger partial charge is 0.492 e. The second-order valence-electron chi connectivity index (χ2n) is 6.24. The molecule has 0 aliphatic heterocycles. The number of thiazole rings is 1. The van der Waals surface area contributed by atoms with Crippen molar-refractivity contribution in [2.75, 3.05) is 18.5 Å². The van der Waals surface area contributed by atoms with Gasteiger partial charge >= 0.3 is 6.03 Å². The lowest BCUT2D eigenvalue weighted by molar-refractivity contribution is 0.251. The predicted molar refractivity (Wildman–Crippen MR) is 114 cm³/mol. The van der Waals surface area contributed by atoms with Crippen LogP contribution < -0.4 is 20.9 Å². The van der Waals surface area contributed by atoms with Crippen LogP contribution >= 0.6 is 11.3 Å². The first-order chi connectivity index (χ1) is 14.0. The quantitative estimate of drug-likeness (QED) is 0.620. The molecule has 0 spiro atoms. The first-order valence-electron chi connectivity index (χ1n) is 9.27. The number of para-hydroxylation sites is 2. The maximum atomic E-state index is 12.2. The van der Waals surface area contributed by atoms with E-state index in [-0.39, 0.29) is 24.7 Å². The van der Waals surface area contributed by atoms with Gasteiger partial charge in [-0.2, -0.15) is 5.10 Å². The van der Waals surface area contributed by atoms with E-state index in [4.69, 9.17) is 4.74 Å². The molecular formula is C20H23N5O3S. The number of rotatable bonds is 7. The van der Waals surface area contributed by atoms with Crippen molar-refractivity contribution < 1.29 is 9.53 Å². The number of urea groups is 1. The number of ether oxygens (including phenoxy) is 1. The van der Waals surface area contributed by atoms with Crippen molar-refractivity contribution >= 4 is 23.1 Å². The van der Waals surface area contributed by atoms with Gasteiger partial charge in [0.1, 0.15) is 11.4 Å². The van der Waals surface area contributed by atoms with Gasteiger partial charge < -0.3 is 15.4 Å². The molecule has 2 amide bonds. The van der Waals surface area contributed by atoms with E-state index in [0.717, 1.165) is 15.6 Å². The highest BCUT2D eigenvalue weighted by molar-refractivity contribution is 7.15. The van der Waals surface area contributed by atoms with Crippen LogP contribution in [0.2, 0.25) is 0 Å². The minimum Gasteiger partial charge on any atom is -0.492 e. The van der Waals surface area contributed by atoms with Crippen molar-refractivity contribution in [3.63, 3.8) is 0 Å². The van der Waals surface area contributed by atoms with Gasteiger partial charge in [0.2, 0.25) is 0 Å². The summed E-state index contributed by atoms with van der Waals surface area (Å²) in [5, 5.41) is 10.9. The smallest absolute Gasteiger partial charge is 0.319 e. The van der Waals surface area contributed by atoms with Gasteiger partial charge in [0.05, 0.1) is 34.4 Å². The number of aromatic nitrogens is 3. The van der Waals surface area contributed by atoms with Gasteiger partial charge in [0.15, 0.2) is 0 Å². The molecule has 152 valence electrons. The number of aryl methyl sites for hydroxylation is 2. The Morgan fingerprint density at radius 3 is 2.72 bits per heavy atom. The molecule has 8 nitrogen and oxygen atoms in total. The van der Waals surface area contributed by atoms with E-state index in [0.29, 0.717) is 23.7 Å². The van der Waals surface area contributed by atoms with Gasteiger partial charge in [0, 0.05) is 12.6 Å². The van der Waals surface area contributed by atoms with Crippen LogP contribution in [-0.4, -0.2) is 33.9 Å². The molecule has 0 bridgehead atoms. The Balaban J connectivity index is 1.62. The maximum absolute atomic E-state index is 12.2. The Bertz CT molecular complexity index is 1060. The molecule has 0 saturated heterocycles. The lowest BCUT2D eigenvalue weighted by Gasteiger charge is -2.12. The molecule has 0 fully saturated rings. The lowest BCUT2D eigenvalue weighted by atomic mass is 10.3. The summed E-state index contributed by atoms with van der Waals surface area (Å²) in [6.07, 6.45) is 0. The number of benzene rings is 1. The van der Waals surface area contributed by atoms with Crippen molar-refractivity contribution in [3.05, 3.63) is 57.5 Å². The Morgan fingerprint density at radius 2 is 2.00 bits per heavy atom. The Hall–Kier alpha value is -3.20. The van der Waals surface area contributed by atoms with E-state index >= 15 is 0 Å². The molecule has 1 aromatic carbocycles. The van der Waals surface area contributed by atoms with Gasteiger partial charge in [-0.15, -0.1) is 11.3 Å². The summed E-state index contributed by atoms with van der Waals surface area (Å²) in [5.74, 6) is 0.603. The summed E-state index contributed by atoms with van der Waals surface area (Å²) in [6, 6.07) is 10.0. The van der Waals surface area contributed by atoms with Crippen molar-refractivity contribution in [2.24, 2.45) is 0 Å². The SMILES string of the molecule is CCOc1ccccc1NC(=O)NCCn1nc(-c2sc(C)nc2C)ccc1=O. The number of carbonyl (C=O) groups is 1. The zero-order valence-electron chi connectivity index (χ0n) is 16.6. The number of nitrogens with one attached hydrogen (secondary N) is 2. The number of carbonyl (C=O) groups excluding carboxylic acids is 1. The number of nitrogens with zero attached hydrogens (tertiary/aromatic N) is 3. The summed E-state index contributed by atoms with van der Waals surface area (Å²) >= 11 is 1.54. The van der Waals surface area contributed by atoms with Crippen LogP contribution in [0.15, 0.2) is 41.2 Å². The Labute approximate surface area is 172 Å². The third-order valence-corrected chi connectivity index (χ3v) is 5.14. The van der Waals surface area contributed by atoms with Crippen LogP contribution in [0.1, 0.15) is 17.6 Å². The van der Waals surface area contributed by atoms with E-state index in [9.17, 15) is 9.59 Å². The molecule has 2 N–H and O–H groups in total. The number of hydrogen-bond donors (Lipinski definition) is 2. The number of anilines is 1. The van der Waals surface area contributed by atoms with Gasteiger partial charge in [-0.05, 0) is 39.0 Å². The molecule has 0 unspecified atom stereocenters. The second kappa shape index (κ2) is 9.33. The van der Waals surface area contributed by atoms with E-state index in [1.807, 2.05) is 32.9 Å². The van der Waals surface area contributed by atoms with E-state index in [2.05, 4.69) is 20.7 Å². The van der Waals surface area contributed by atoms with E-state index in [1.165, 1.54) is 22.1 Å². The summed E-state index contributed by atoms with van der Waals surface area (Å²) < 4.78 is 6.84. The minimum absolute atomic E-state index is 0.225. The average molecular weight is 414 g/mol. The molecule has 29 heavy (non-hydrogen) atoms. The third kappa shape index (κ3) is 5.20. The summed E-state index contributed by atoms with van der Waals surface area (Å²) in [6.45, 7) is 6.74. The van der Waals surface area contributed by atoms with Crippen molar-refractivity contribution in [1.82, 2.24) is 20.1 Å². The van der Waals surface area contributed by atoms with E-state index < -0.39 is 0 Å². The zero-order chi connectivity index (χ0) is 20.8. The monoisotopic (exact) mass is 413 g/mol. The molecule has 2 aromatic heterocycles. The topological polar surface area (TPSA) is 98.1 Å². The van der Waals surface area contributed by atoms with E-state index in [1.54, 1.807) is 18.2 Å². The number of hydrogen-bond acceptors (Lipinski definition) is 6. The molecule has 3 aromatic rings. The van der Waals surface area contributed by atoms with Crippen LogP contribution in [0.5, 0.6) is 5.75 Å². The summed E-state index contributed by atoms with van der Waals surface area (Å²) in [7, 11) is 0. The van der Waals surface area contributed by atoms with Gasteiger partial charge in [-0.3, -0.25) is 4.79 Å². The van der Waals surface area contributed by atoms with Gasteiger partial charge in [0.25, 0.3) is 5.56 Å². The maximum Gasteiger partial charge on any atom is 0.319 e. The van der Waals surface area contributed by atoms with Crippen LogP contribution in [0.4, 0.5) is 10.5 Å². The Kier molecular flexibility index (Phi) is 6.61. The minimum atomic E-state index is -0.379. The van der Waals surface area contributed by atoms with Gasteiger partial charge in [-0.1, -0.05) is 12.1 Å². The van der Waals surface area contributed by atoms with Crippen molar-refractivity contribution in [2.45, 2.75) is 27.3 Å². The average Bonchev–Trinajstić information content (AvgIpc) is 3.03. The van der Waals surface area contributed by atoms with Crippen LogP contribution in [-0.2, 0) is 6.54 Å². The third-order valence-electron chi connectivity index (χ3n) is 4.05. The highest BCUT2D eigenvalue weighted by Gasteiger charge is 2.11. The molecule has 0 aliphatic carbocycles. The van der Waals surface area contributed by atoms with Crippen molar-refractivity contribution in [3.8, 4) is 16.3 Å². The highest BCUT2D eigenvalue weighted by atomic mass is 32.1. The molecule has 9 heteroatoms. The fourth-order valence-electron chi connectivity index (χ4n) is 2.79.